The van der Waals surface area contributed by atoms with Crippen LogP contribution in [0.1, 0.15) is 105 Å². The Bertz CT molecular complexity index is 690. The lowest BCUT2D eigenvalue weighted by Crippen LogP contribution is -2.36. The first-order valence-corrected chi connectivity index (χ1v) is 10.8. The number of benzene rings is 1. The van der Waals surface area contributed by atoms with Crippen LogP contribution in [-0.2, 0) is 10.3 Å². The Kier molecular flexibility index (Phi) is 5.25. The van der Waals surface area contributed by atoms with Crippen molar-refractivity contribution in [2.24, 2.45) is 16.0 Å². The van der Waals surface area contributed by atoms with E-state index < -0.39 is 0 Å². The fourth-order valence-electron chi connectivity index (χ4n) is 5.53. The average molecular weight is 370 g/mol. The van der Waals surface area contributed by atoms with Crippen LogP contribution < -0.4 is 0 Å². The summed E-state index contributed by atoms with van der Waals surface area (Å²) in [5, 5.41) is 4.60. The molecule has 3 rings (SSSR count). The minimum Gasteiger partial charge on any atom is -0.389 e. The summed E-state index contributed by atoms with van der Waals surface area (Å²) in [6, 6.07) is 8.95. The zero-order valence-corrected chi connectivity index (χ0v) is 18.6. The Balaban J connectivity index is 1.77. The summed E-state index contributed by atoms with van der Waals surface area (Å²) in [5.41, 5.74) is 4.48. The summed E-state index contributed by atoms with van der Waals surface area (Å²) < 4.78 is 0. The first-order chi connectivity index (χ1) is 12.4. The SMILES string of the molecule is CC1(C)CCCCC2(CC(c3ccc(C(C)(C)C)cc3)=NO2)CC(C)(C)C1. The molecule has 1 atom stereocenters. The Morgan fingerprint density at radius 1 is 0.852 bits per heavy atom. The molecule has 0 N–H and O–H groups in total. The molecule has 2 aliphatic rings. The molecule has 1 aliphatic heterocycles. The van der Waals surface area contributed by atoms with Gasteiger partial charge in [0.1, 0.15) is 5.60 Å². The van der Waals surface area contributed by atoms with E-state index in [1.165, 1.54) is 36.8 Å². The maximum absolute atomic E-state index is 6.23. The van der Waals surface area contributed by atoms with Crippen molar-refractivity contribution in [1.82, 2.24) is 0 Å². The Morgan fingerprint density at radius 2 is 1.48 bits per heavy atom. The van der Waals surface area contributed by atoms with E-state index in [9.17, 15) is 0 Å². The maximum Gasteiger partial charge on any atom is 0.143 e. The van der Waals surface area contributed by atoms with E-state index in [-0.39, 0.29) is 16.4 Å². The van der Waals surface area contributed by atoms with Crippen molar-refractivity contribution in [2.75, 3.05) is 0 Å². The van der Waals surface area contributed by atoms with E-state index in [0.717, 1.165) is 25.0 Å². The third-order valence-electron chi connectivity index (χ3n) is 6.42. The number of hydrogen-bond donors (Lipinski definition) is 0. The summed E-state index contributed by atoms with van der Waals surface area (Å²) in [6.45, 7) is 16.5. The van der Waals surface area contributed by atoms with Crippen molar-refractivity contribution in [1.29, 1.82) is 0 Å². The lowest BCUT2D eigenvalue weighted by Gasteiger charge is -2.38. The number of oxime groups is 1. The number of hydrogen-bond acceptors (Lipinski definition) is 2. The lowest BCUT2D eigenvalue weighted by molar-refractivity contribution is -0.0585. The Morgan fingerprint density at radius 3 is 2.11 bits per heavy atom. The van der Waals surface area contributed by atoms with Gasteiger partial charge in [0.05, 0.1) is 5.71 Å². The van der Waals surface area contributed by atoms with E-state index in [2.05, 4.69) is 77.9 Å². The monoisotopic (exact) mass is 369 g/mol. The third kappa shape index (κ3) is 4.95. The van der Waals surface area contributed by atoms with E-state index in [1.54, 1.807) is 0 Å². The van der Waals surface area contributed by atoms with E-state index in [4.69, 9.17) is 4.84 Å². The van der Waals surface area contributed by atoms with Gasteiger partial charge in [-0.15, -0.1) is 0 Å². The van der Waals surface area contributed by atoms with Gasteiger partial charge in [-0.25, -0.2) is 0 Å². The molecule has 2 nitrogen and oxygen atoms in total. The zero-order valence-electron chi connectivity index (χ0n) is 18.6. The predicted molar refractivity (Wildman–Crippen MR) is 115 cm³/mol. The Hall–Kier alpha value is -1.31. The van der Waals surface area contributed by atoms with E-state index >= 15 is 0 Å². The number of nitrogens with zero attached hydrogens (tertiary/aromatic N) is 1. The van der Waals surface area contributed by atoms with Crippen molar-refractivity contribution in [3.05, 3.63) is 35.4 Å². The molecule has 1 aromatic carbocycles. The molecule has 0 saturated heterocycles. The number of rotatable bonds is 1. The smallest absolute Gasteiger partial charge is 0.143 e. The molecule has 27 heavy (non-hydrogen) atoms. The molecule has 0 radical (unpaired) electrons. The molecule has 1 aliphatic carbocycles. The Labute approximate surface area is 166 Å². The highest BCUT2D eigenvalue weighted by molar-refractivity contribution is 6.01. The van der Waals surface area contributed by atoms with Crippen LogP contribution in [0.5, 0.6) is 0 Å². The topological polar surface area (TPSA) is 21.6 Å². The van der Waals surface area contributed by atoms with Crippen LogP contribution in [0.2, 0.25) is 0 Å². The van der Waals surface area contributed by atoms with Gasteiger partial charge in [0.15, 0.2) is 0 Å². The molecule has 1 saturated carbocycles. The fraction of sp³-hybridized carbons (Fsp3) is 0.720. The molecular weight excluding hydrogens is 330 g/mol. The first-order valence-electron chi connectivity index (χ1n) is 10.8. The van der Waals surface area contributed by atoms with Crippen LogP contribution in [0.4, 0.5) is 0 Å². The second kappa shape index (κ2) is 6.94. The summed E-state index contributed by atoms with van der Waals surface area (Å²) >= 11 is 0. The van der Waals surface area contributed by atoms with Crippen LogP contribution in [0.3, 0.4) is 0 Å². The highest BCUT2D eigenvalue weighted by atomic mass is 16.7. The van der Waals surface area contributed by atoms with Crippen LogP contribution in [0.15, 0.2) is 29.4 Å². The van der Waals surface area contributed by atoms with Crippen molar-refractivity contribution in [2.45, 2.75) is 104 Å². The van der Waals surface area contributed by atoms with Gasteiger partial charge in [-0.2, -0.15) is 0 Å². The van der Waals surface area contributed by atoms with Gasteiger partial charge in [0, 0.05) is 6.42 Å². The minimum atomic E-state index is -0.109. The fourth-order valence-corrected chi connectivity index (χ4v) is 5.53. The molecule has 1 heterocycles. The highest BCUT2D eigenvalue weighted by Gasteiger charge is 2.45. The third-order valence-corrected chi connectivity index (χ3v) is 6.42. The van der Waals surface area contributed by atoms with E-state index in [1.807, 2.05) is 0 Å². The molecule has 1 aromatic rings. The second-order valence-corrected chi connectivity index (χ2v) is 11.7. The van der Waals surface area contributed by atoms with E-state index in [0.29, 0.717) is 5.41 Å². The molecule has 0 amide bonds. The molecule has 1 fully saturated rings. The first kappa shape index (κ1) is 20.4. The largest absolute Gasteiger partial charge is 0.389 e. The predicted octanol–water partition coefficient (Wildman–Crippen LogP) is 7.25. The standard InChI is InChI=1S/C25H39NO/c1-22(2,3)20-12-10-19(11-13-20)21-16-25(27-26-21)15-9-8-14-23(4,5)17-24(6,7)18-25/h10-13H,8-9,14-18H2,1-7H3. The average Bonchev–Trinajstić information content (AvgIpc) is 2.94. The van der Waals surface area contributed by atoms with Crippen molar-refractivity contribution in [3.63, 3.8) is 0 Å². The van der Waals surface area contributed by atoms with Crippen molar-refractivity contribution in [3.8, 4) is 0 Å². The molecule has 150 valence electrons. The summed E-state index contributed by atoms with van der Waals surface area (Å²) in [6.07, 6.45) is 8.27. The van der Waals surface area contributed by atoms with Crippen LogP contribution in [0, 0.1) is 10.8 Å². The van der Waals surface area contributed by atoms with Crippen LogP contribution >= 0.6 is 0 Å². The summed E-state index contributed by atoms with van der Waals surface area (Å²) in [5.74, 6) is 0. The van der Waals surface area contributed by atoms with Gasteiger partial charge in [-0.3, -0.25) is 0 Å². The molecule has 0 aromatic heterocycles. The van der Waals surface area contributed by atoms with Gasteiger partial charge in [-0.05, 0) is 59.5 Å². The molecular formula is C25H39NO. The molecule has 0 bridgehead atoms. The molecule has 2 heteroatoms. The van der Waals surface area contributed by atoms with Gasteiger partial charge < -0.3 is 4.84 Å². The van der Waals surface area contributed by atoms with Crippen LogP contribution in [0.25, 0.3) is 0 Å². The molecule has 1 unspecified atom stereocenters. The van der Waals surface area contributed by atoms with Gasteiger partial charge >= 0.3 is 0 Å². The summed E-state index contributed by atoms with van der Waals surface area (Å²) in [7, 11) is 0. The molecule has 1 spiro atoms. The lowest BCUT2D eigenvalue weighted by atomic mass is 9.68. The minimum absolute atomic E-state index is 0.109. The normalized spacial score (nSPS) is 28.0. The van der Waals surface area contributed by atoms with Crippen molar-refractivity contribution >= 4 is 5.71 Å². The second-order valence-electron chi connectivity index (χ2n) is 11.7. The summed E-state index contributed by atoms with van der Waals surface area (Å²) in [4.78, 5) is 6.23. The van der Waals surface area contributed by atoms with Gasteiger partial charge in [0.25, 0.3) is 0 Å². The quantitative estimate of drug-likeness (QED) is 0.510. The van der Waals surface area contributed by atoms with Gasteiger partial charge in [-0.1, -0.05) is 84.3 Å². The zero-order chi connectivity index (χ0) is 19.9. The highest BCUT2D eigenvalue weighted by Crippen LogP contribution is 2.48. The van der Waals surface area contributed by atoms with Crippen molar-refractivity contribution < 1.29 is 4.84 Å². The van der Waals surface area contributed by atoms with Crippen LogP contribution in [-0.4, -0.2) is 11.3 Å². The maximum atomic E-state index is 6.23. The van der Waals surface area contributed by atoms with Gasteiger partial charge in [0.2, 0.25) is 0 Å².